The van der Waals surface area contributed by atoms with Crippen molar-refractivity contribution in [3.8, 4) is 0 Å². The van der Waals surface area contributed by atoms with Crippen LogP contribution < -0.4 is 5.32 Å². The van der Waals surface area contributed by atoms with Gasteiger partial charge in [-0.15, -0.1) is 0 Å². The van der Waals surface area contributed by atoms with Gasteiger partial charge in [0, 0.05) is 12.3 Å². The fourth-order valence-corrected chi connectivity index (χ4v) is 1.69. The van der Waals surface area contributed by atoms with Gasteiger partial charge in [0.1, 0.15) is 6.04 Å². The summed E-state index contributed by atoms with van der Waals surface area (Å²) in [5, 5.41) is 2.27. The number of hydrogen-bond donors (Lipinski definition) is 2. The Morgan fingerprint density at radius 2 is 2.15 bits per heavy atom. The number of amides is 3. The summed E-state index contributed by atoms with van der Waals surface area (Å²) in [6.45, 7) is 4.61. The van der Waals surface area contributed by atoms with E-state index in [1.54, 1.807) is 4.90 Å². The second-order valence-corrected chi connectivity index (χ2v) is 3.90. The maximum Gasteiger partial charge on any atom is 0.324 e. The Morgan fingerprint density at radius 3 is 2.62 bits per heavy atom. The van der Waals surface area contributed by atoms with Gasteiger partial charge in [0.25, 0.3) is 5.91 Å². The molecule has 0 saturated carbocycles. The molecule has 13 heavy (non-hydrogen) atoms. The molecule has 74 valence electrons. The number of imide groups is 1. The summed E-state index contributed by atoms with van der Waals surface area (Å²) in [5.74, 6) is 0.504. The highest BCUT2D eigenvalue weighted by Crippen LogP contribution is 2.12. The Bertz CT molecular complexity index is 230. The van der Waals surface area contributed by atoms with Crippen LogP contribution in [0.3, 0.4) is 0 Å². The van der Waals surface area contributed by atoms with Gasteiger partial charge >= 0.3 is 6.03 Å². The van der Waals surface area contributed by atoms with Crippen molar-refractivity contribution >= 4 is 24.6 Å². The van der Waals surface area contributed by atoms with Crippen LogP contribution in [0.15, 0.2) is 0 Å². The van der Waals surface area contributed by atoms with Gasteiger partial charge in [0.2, 0.25) is 0 Å². The highest BCUT2D eigenvalue weighted by atomic mass is 32.1. The van der Waals surface area contributed by atoms with Gasteiger partial charge in [0.15, 0.2) is 0 Å². The van der Waals surface area contributed by atoms with Crippen molar-refractivity contribution in [3.05, 3.63) is 0 Å². The third-order valence-corrected chi connectivity index (χ3v) is 2.25. The molecule has 0 aromatic rings. The minimum absolute atomic E-state index is 0.236. The Morgan fingerprint density at radius 1 is 1.54 bits per heavy atom. The number of nitrogens with one attached hydrogen (secondary N) is 1. The van der Waals surface area contributed by atoms with E-state index in [0.29, 0.717) is 18.2 Å². The van der Waals surface area contributed by atoms with Gasteiger partial charge in [-0.3, -0.25) is 10.1 Å². The van der Waals surface area contributed by atoms with E-state index in [-0.39, 0.29) is 11.9 Å². The molecule has 1 aliphatic rings. The van der Waals surface area contributed by atoms with Gasteiger partial charge in [0.05, 0.1) is 0 Å². The molecule has 1 rings (SSSR count). The zero-order valence-electron chi connectivity index (χ0n) is 7.78. The van der Waals surface area contributed by atoms with Gasteiger partial charge in [-0.1, -0.05) is 13.8 Å². The molecule has 0 aromatic carbocycles. The summed E-state index contributed by atoms with van der Waals surface area (Å²) < 4.78 is 0. The van der Waals surface area contributed by atoms with Crippen molar-refractivity contribution in [1.29, 1.82) is 0 Å². The fraction of sp³-hybridized carbons (Fsp3) is 0.750. The number of urea groups is 1. The average Bonchev–Trinajstić information content (AvgIpc) is 2.26. The Labute approximate surface area is 83.1 Å². The van der Waals surface area contributed by atoms with Crippen molar-refractivity contribution in [3.63, 3.8) is 0 Å². The van der Waals surface area contributed by atoms with Crippen LogP contribution >= 0.6 is 12.6 Å². The minimum atomic E-state index is -0.391. The van der Waals surface area contributed by atoms with Gasteiger partial charge in [-0.05, 0) is 5.92 Å². The van der Waals surface area contributed by atoms with Crippen LogP contribution in [0.1, 0.15) is 13.8 Å². The lowest BCUT2D eigenvalue weighted by Gasteiger charge is -2.21. The quantitative estimate of drug-likeness (QED) is 0.517. The van der Waals surface area contributed by atoms with E-state index in [1.807, 2.05) is 13.8 Å². The van der Waals surface area contributed by atoms with E-state index in [4.69, 9.17) is 0 Å². The van der Waals surface area contributed by atoms with Crippen molar-refractivity contribution in [1.82, 2.24) is 10.2 Å². The lowest BCUT2D eigenvalue weighted by Crippen LogP contribution is -2.38. The molecule has 1 saturated heterocycles. The average molecular weight is 202 g/mol. The van der Waals surface area contributed by atoms with Crippen LogP contribution in [0, 0.1) is 5.92 Å². The largest absolute Gasteiger partial charge is 0.324 e. The molecular formula is C8H14N2O2S. The molecule has 4 nitrogen and oxygen atoms in total. The number of thiol groups is 1. The van der Waals surface area contributed by atoms with Gasteiger partial charge < -0.3 is 4.90 Å². The predicted octanol–water partition coefficient (Wildman–Crippen LogP) is 0.493. The van der Waals surface area contributed by atoms with Crippen LogP contribution in [0.2, 0.25) is 0 Å². The first-order valence-electron chi connectivity index (χ1n) is 4.28. The molecule has 1 N–H and O–H groups in total. The van der Waals surface area contributed by atoms with Crippen molar-refractivity contribution in [2.24, 2.45) is 5.92 Å². The Kier molecular flexibility index (Phi) is 3.19. The fourth-order valence-electron chi connectivity index (χ4n) is 1.33. The standard InChI is InChI=1S/C8H14N2O2S/c1-5(2)3-10-6(4-13)7(11)9-8(10)12/h5-6,13H,3-4H2,1-2H3,(H,9,11,12). The van der Waals surface area contributed by atoms with Gasteiger partial charge in [-0.2, -0.15) is 12.6 Å². The van der Waals surface area contributed by atoms with Crippen molar-refractivity contribution in [2.75, 3.05) is 12.3 Å². The number of carbonyl (C=O) groups is 2. The summed E-state index contributed by atoms with van der Waals surface area (Å²) >= 11 is 4.04. The maximum atomic E-state index is 11.2. The number of carbonyl (C=O) groups excluding carboxylic acids is 2. The summed E-state index contributed by atoms with van der Waals surface area (Å²) in [6, 6.07) is -0.684. The maximum absolute atomic E-state index is 11.2. The first-order valence-corrected chi connectivity index (χ1v) is 4.91. The topological polar surface area (TPSA) is 49.4 Å². The summed E-state index contributed by atoms with van der Waals surface area (Å²) in [6.07, 6.45) is 0. The first kappa shape index (κ1) is 10.4. The third kappa shape index (κ3) is 2.15. The summed E-state index contributed by atoms with van der Waals surface area (Å²) in [7, 11) is 0. The zero-order chi connectivity index (χ0) is 10.0. The minimum Gasteiger partial charge on any atom is -0.311 e. The van der Waals surface area contributed by atoms with E-state index in [0.717, 1.165) is 0 Å². The van der Waals surface area contributed by atoms with Crippen molar-refractivity contribution in [2.45, 2.75) is 19.9 Å². The van der Waals surface area contributed by atoms with Crippen molar-refractivity contribution < 1.29 is 9.59 Å². The van der Waals surface area contributed by atoms with Crippen LogP contribution in [0.25, 0.3) is 0 Å². The second kappa shape index (κ2) is 4.00. The number of rotatable bonds is 3. The molecule has 1 aliphatic heterocycles. The Balaban J connectivity index is 2.69. The molecule has 5 heteroatoms. The van der Waals surface area contributed by atoms with E-state index in [9.17, 15) is 9.59 Å². The smallest absolute Gasteiger partial charge is 0.311 e. The SMILES string of the molecule is CC(C)CN1C(=O)NC(=O)C1CS. The lowest BCUT2D eigenvalue weighted by atomic mass is 10.2. The first-order chi connectivity index (χ1) is 6.06. The summed E-state index contributed by atoms with van der Waals surface area (Å²) in [4.78, 5) is 24.0. The van der Waals surface area contributed by atoms with E-state index < -0.39 is 6.04 Å². The molecule has 1 fully saturated rings. The van der Waals surface area contributed by atoms with Crippen LogP contribution in [-0.4, -0.2) is 35.2 Å². The number of nitrogens with zero attached hydrogens (tertiary/aromatic N) is 1. The molecule has 0 aliphatic carbocycles. The normalized spacial score (nSPS) is 22.8. The Hall–Kier alpha value is -0.710. The molecule has 0 aromatic heterocycles. The predicted molar refractivity (Wildman–Crippen MR) is 52.7 cm³/mol. The molecule has 1 heterocycles. The van der Waals surface area contributed by atoms with Crippen LogP contribution in [0.5, 0.6) is 0 Å². The van der Waals surface area contributed by atoms with Crippen LogP contribution in [0.4, 0.5) is 4.79 Å². The molecular weight excluding hydrogens is 188 g/mol. The third-order valence-electron chi connectivity index (χ3n) is 1.90. The zero-order valence-corrected chi connectivity index (χ0v) is 8.67. The van der Waals surface area contributed by atoms with E-state index >= 15 is 0 Å². The highest BCUT2D eigenvalue weighted by Gasteiger charge is 2.37. The number of hydrogen-bond acceptors (Lipinski definition) is 3. The molecule has 0 radical (unpaired) electrons. The van der Waals surface area contributed by atoms with Crippen LogP contribution in [-0.2, 0) is 4.79 Å². The van der Waals surface area contributed by atoms with E-state index in [1.165, 1.54) is 0 Å². The molecule has 1 atom stereocenters. The monoisotopic (exact) mass is 202 g/mol. The summed E-state index contributed by atoms with van der Waals surface area (Å²) in [5.41, 5.74) is 0. The molecule has 1 unspecified atom stereocenters. The second-order valence-electron chi connectivity index (χ2n) is 3.54. The van der Waals surface area contributed by atoms with Gasteiger partial charge in [-0.25, -0.2) is 4.79 Å². The molecule has 0 bridgehead atoms. The van der Waals surface area contributed by atoms with E-state index in [2.05, 4.69) is 17.9 Å². The molecule has 3 amide bonds. The molecule has 0 spiro atoms. The highest BCUT2D eigenvalue weighted by molar-refractivity contribution is 7.80. The lowest BCUT2D eigenvalue weighted by molar-refractivity contribution is -0.120.